The Labute approximate surface area is 854 Å². The molecule has 6 aliphatic rings. The van der Waals surface area contributed by atoms with Crippen molar-refractivity contribution in [3.05, 3.63) is 244 Å². The number of rotatable bonds is 19. The van der Waals surface area contributed by atoms with Crippen LogP contribution in [-0.2, 0) is 54.7 Å². The zero-order valence-corrected chi connectivity index (χ0v) is 85.5. The Morgan fingerprint density at radius 3 is 1.23 bits per heavy atom. The first-order valence-corrected chi connectivity index (χ1v) is 49.4. The number of alkyl halides is 1. The smallest absolute Gasteiger partial charge is 0.813 e. The van der Waals surface area contributed by atoms with Gasteiger partial charge in [-0.05, 0) is 291 Å². The summed E-state index contributed by atoms with van der Waals surface area (Å²) in [5, 5.41) is 56.0. The third kappa shape index (κ3) is 23.6. The van der Waals surface area contributed by atoms with E-state index in [0.717, 1.165) is 171 Å². The molecule has 3 aromatic carbocycles. The molecule has 3 spiro atoms. The zero-order chi connectivity index (χ0) is 94.1. The van der Waals surface area contributed by atoms with Gasteiger partial charge in [-0.1, -0.05) is 108 Å². The van der Waals surface area contributed by atoms with Crippen LogP contribution in [0.3, 0.4) is 0 Å². The van der Waals surface area contributed by atoms with E-state index in [1.54, 1.807) is 82.2 Å². The average molecular weight is 2050 g/mol. The number of anilines is 3. The summed E-state index contributed by atoms with van der Waals surface area (Å²) < 4.78 is 54.5. The molecule has 6 N–H and O–H groups in total. The van der Waals surface area contributed by atoms with Crippen LogP contribution in [0.2, 0.25) is 5.02 Å². The van der Waals surface area contributed by atoms with Gasteiger partial charge in [0, 0.05) is 139 Å². The van der Waals surface area contributed by atoms with Gasteiger partial charge in [-0.25, -0.2) is 52.7 Å². The Morgan fingerprint density at radius 1 is 0.474 bits per heavy atom. The van der Waals surface area contributed by atoms with Crippen LogP contribution in [0, 0.1) is 33.4 Å². The molecule has 0 radical (unpaired) electrons. The molecule has 137 heavy (non-hydrogen) atoms. The van der Waals surface area contributed by atoms with E-state index in [0.29, 0.717) is 0 Å². The monoisotopic (exact) mass is 2040 g/mol. The number of thiophene rings is 3. The van der Waals surface area contributed by atoms with Gasteiger partial charge in [0.25, 0.3) is 0 Å². The molecule has 15 heterocycles. The first-order valence-electron chi connectivity index (χ1n) is 43.1. The van der Waals surface area contributed by atoms with Gasteiger partial charge < -0.3 is 44.4 Å². The largest absolute Gasteiger partial charge is 1.00 e. The van der Waals surface area contributed by atoms with E-state index in [2.05, 4.69) is 255 Å². The Balaban J connectivity index is 0.000000151. The van der Waals surface area contributed by atoms with Gasteiger partial charge in [-0.15, -0.1) is 52.6 Å². The van der Waals surface area contributed by atoms with E-state index >= 15 is 0 Å². The molecule has 50 heteroatoms. The van der Waals surface area contributed by atoms with E-state index in [1.165, 1.54) is 49.0 Å². The van der Waals surface area contributed by atoms with E-state index in [9.17, 15) is 12.8 Å². The molecular formula is C87H95Cl2FN36NaO2S8-. The van der Waals surface area contributed by atoms with Crippen molar-refractivity contribution >= 4 is 182 Å². The Bertz CT molecular complexity index is 6920. The molecule has 3 saturated heterocycles. The van der Waals surface area contributed by atoms with Crippen molar-refractivity contribution in [2.24, 2.45) is 106 Å². The van der Waals surface area contributed by atoms with Crippen molar-refractivity contribution in [2.75, 3.05) is 61.1 Å². The normalized spacial score (nSPS) is 17.9. The molecule has 0 unspecified atom stereocenters. The summed E-state index contributed by atoms with van der Waals surface area (Å²) >= 11 is 14.2. The number of nitrogens with zero attached hydrogens (tertiary/aromatic N) is 31. The second kappa shape index (κ2) is 47.4. The number of nitrogens with one attached hydrogen (secondary N) is 4. The van der Waals surface area contributed by atoms with Crippen molar-refractivity contribution in [1.82, 2.24) is 67.5 Å². The number of nitrogens with two attached hydrogens (primary N) is 1. The van der Waals surface area contributed by atoms with Crippen molar-refractivity contribution < 1.29 is 43.7 Å². The van der Waals surface area contributed by atoms with Crippen molar-refractivity contribution in [2.45, 2.75) is 147 Å². The quantitative estimate of drug-likeness (QED) is 0.0125. The van der Waals surface area contributed by atoms with Crippen LogP contribution in [0.1, 0.15) is 133 Å². The second-order valence-corrected chi connectivity index (χ2v) is 43.2. The van der Waals surface area contributed by atoms with Gasteiger partial charge in [0.2, 0.25) is 17.8 Å². The minimum atomic E-state index is -1.14. The maximum atomic E-state index is 13.2. The molecule has 706 valence electrons. The summed E-state index contributed by atoms with van der Waals surface area (Å²) in [7, 11) is -3.25. The number of pyridine rings is 3. The fraction of sp³-hybridized carbons (Fsp3) is 0.345. The minimum Gasteiger partial charge on any atom is -0.813 e. The van der Waals surface area contributed by atoms with Crippen LogP contribution < -0.4 is 59.4 Å². The van der Waals surface area contributed by atoms with Gasteiger partial charge in [0.1, 0.15) is 14.5 Å². The van der Waals surface area contributed by atoms with E-state index < -0.39 is 29.1 Å². The Morgan fingerprint density at radius 2 is 0.825 bits per heavy atom. The van der Waals surface area contributed by atoms with Gasteiger partial charge >= 0.3 is 29.6 Å². The van der Waals surface area contributed by atoms with Crippen molar-refractivity contribution in [3.8, 4) is 0 Å². The second-order valence-electron chi connectivity index (χ2n) is 33.9. The summed E-state index contributed by atoms with van der Waals surface area (Å²) in [5.74, 6) is 2.82. The minimum absolute atomic E-state index is 0. The van der Waals surface area contributed by atoms with Crippen LogP contribution >= 0.6 is 81.5 Å². The topological polar surface area (TPSA) is 469 Å². The third-order valence-corrected chi connectivity index (χ3v) is 32.4. The molecule has 0 saturated carbocycles. The summed E-state index contributed by atoms with van der Waals surface area (Å²) in [6.45, 7) is 17.7. The molecule has 12 aromatic heterocycles. The van der Waals surface area contributed by atoms with E-state index in [1.807, 2.05) is 113 Å². The van der Waals surface area contributed by atoms with Crippen molar-refractivity contribution in [1.29, 1.82) is 11.1 Å². The van der Waals surface area contributed by atoms with Crippen LogP contribution in [-0.4, -0.2) is 122 Å². The molecular weight excluding hydrogens is 1950 g/mol. The number of fused-ring (bicyclic) bond motifs is 9. The number of hydrogen-bond acceptors (Lipinski definition) is 23. The van der Waals surface area contributed by atoms with Gasteiger partial charge in [-0.2, -0.15) is 11.1 Å². The predicted molar refractivity (Wildman–Crippen MR) is 534 cm³/mol. The first kappa shape index (κ1) is 102. The predicted octanol–water partition coefficient (Wildman–Crippen LogP) is 19.4. The molecule has 3 fully saturated rings. The van der Waals surface area contributed by atoms with Crippen LogP contribution in [0.15, 0.2) is 303 Å². The average Bonchev–Trinajstić information content (AvgIpc) is 1.58. The number of benzene rings is 3. The number of piperidine rings is 3. The van der Waals surface area contributed by atoms with Crippen molar-refractivity contribution in [3.63, 3.8) is 0 Å². The molecule has 3 aliphatic carbocycles. The Kier molecular flexibility index (Phi) is 35.4. The maximum absolute atomic E-state index is 13.2. The molecule has 3 aliphatic heterocycles. The summed E-state index contributed by atoms with van der Waals surface area (Å²) in [5.41, 5.74) is 30.2. The fourth-order valence-electron chi connectivity index (χ4n) is 17.8. The third-order valence-electron chi connectivity index (χ3n) is 24.3. The van der Waals surface area contributed by atoms with E-state index in [4.69, 9.17) is 49.7 Å². The molecule has 0 bridgehead atoms. The standard InChI is InChI=1S/C30H32N6OS3.C26H24N6S2.C23H28N5OS.C7H4ClNS.CH3F.ClH.H2N18.Na.H2S/c1-29(2,3)40(37)34-25-21-7-5-4-6-20(21)18-30(25)10-14-35(15-11-30)28-33-19-24(26-31-13-16-36(26)28)39-23-8-12-32-27-22(23)9-17-38-27;27-22-18-4-2-1-3-17(18)15-26(22)7-11-31(12-8-26)25-30-16-21(23-28-10-13-32(23)25)34-20-5-9-29-24-19(20)6-14-33-24;1-22(2,3)30(29)26-20-18-7-5-4-6-17(18)16-23(20)9-13-27(14-10-23)21-25-11-8-19-24-12-15-28(19)21;8-6-1-3-9-7-5(6)2-4-10-7;1-2;;1-3-5-7-9-11-13-15-17-18-16-14-12-10-8-6-4-2;;/h4-9,12-13,16-17,19,25,34H,10-11,14-15,18H2,1-3H3;1-6,9-10,13-14,16,22H,7-8,11-12,15,27H2;4-7,11-12,15,20,26H,9-10,13-14,16H2,1-3H3;1-4H;1H3;1H;1-2H;;1H2/q;;-1;;;;;+1;/p-1/b;;;;;;3-1?,4-2?,7-5+,8-6+,11-9+,12-10+,15-13+,16-14+,18-17+;;/t25-,40-;22-;20-,30-;;;;;;/m111....../s1/i;;;;1D;;;;. The first-order chi connectivity index (χ1) is 65.6. The summed E-state index contributed by atoms with van der Waals surface area (Å²) in [6, 6.07) is 41.6. The fourth-order valence-corrected chi connectivity index (χ4v) is 24.4. The summed E-state index contributed by atoms with van der Waals surface area (Å²) in [4.78, 5) is 56.0. The molecule has 5 atom stereocenters. The molecule has 21 rings (SSSR count). The van der Waals surface area contributed by atoms with Gasteiger partial charge in [0.05, 0.1) is 66.9 Å². The number of halogens is 3. The molecule has 38 nitrogen and oxygen atoms in total. The molecule has 0 amide bonds. The maximum Gasteiger partial charge on any atom is 1.00 e. The zero-order valence-electron chi connectivity index (χ0n) is 76.3. The van der Waals surface area contributed by atoms with Crippen LogP contribution in [0.5, 0.6) is 0 Å². The number of imidazole rings is 3. The Hall–Kier alpha value is -10.6. The van der Waals surface area contributed by atoms with Gasteiger partial charge in [0.15, 0.2) is 11.3 Å². The van der Waals surface area contributed by atoms with Gasteiger partial charge in [-0.3, -0.25) is 23.2 Å². The van der Waals surface area contributed by atoms with Crippen LogP contribution in [0.25, 0.3) is 47.6 Å². The number of thiol groups is 1. The molecule has 15 aromatic rings. The number of hydrogen-bond donors (Lipinski definition) is 5. The van der Waals surface area contributed by atoms with Crippen LogP contribution in [0.4, 0.5) is 22.2 Å². The summed E-state index contributed by atoms with van der Waals surface area (Å²) in [6.07, 6.45) is 32.0. The SMILES string of the molecule is CC(C)(C)[S@@](=O)N[C@@H]1c2ccccc2CC12CCN(c1nc[c-]c3nccn13)CC2.CC(C)(C)[S@@](=O)N[C@@H]1c2ccccc2CC12CCN(c1ncc(Sc3ccnc4sccc34)c3nccn13)CC2.Cl.Clc1ccnc2sccc12.N=N/N=N/N=N/N=N/N=N/N=N/N=N/N=N/N=N.N[C@@H]1c2ccccc2CC12CCN(c1ncc(Sc3ccnc4sccc34)c3nccn13)CC2.[2H]CF.[Na+].[SH-]. The number of aromatic nitrogens is 12. The van der Waals surface area contributed by atoms with E-state index in [-0.39, 0.29) is 99.3 Å².